The summed E-state index contributed by atoms with van der Waals surface area (Å²) in [6.07, 6.45) is 3.09. The fraction of sp³-hybridized carbons (Fsp3) is 0.414. The van der Waals surface area contributed by atoms with Crippen molar-refractivity contribution in [1.29, 1.82) is 0 Å². The molecule has 2 amide bonds. The highest BCUT2D eigenvalue weighted by Crippen LogP contribution is 2.47. The molecule has 3 aromatic rings. The molecule has 210 valence electrons. The van der Waals surface area contributed by atoms with Crippen LogP contribution in [0.2, 0.25) is 0 Å². The molecule has 5 N–H and O–H groups in total. The number of para-hydroxylation sites is 1. The number of carbonyl (C=O) groups excluding carboxylic acids is 3. The van der Waals surface area contributed by atoms with Gasteiger partial charge in [0, 0.05) is 18.2 Å². The summed E-state index contributed by atoms with van der Waals surface area (Å²) in [6.45, 7) is 2.38. The number of nitrogens with two attached hydrogens (primary N) is 2. The van der Waals surface area contributed by atoms with E-state index in [1.165, 1.54) is 11.3 Å². The maximum Gasteiger partial charge on any atom is 0.244 e. The Kier molecular flexibility index (Phi) is 8.41. The number of guanidine groups is 1. The maximum absolute atomic E-state index is 13.8. The van der Waals surface area contributed by atoms with Gasteiger partial charge < -0.3 is 21.7 Å². The Hall–Kier alpha value is -3.44. The molecule has 9 nitrogen and oxygen atoms in total. The number of Topliss-reactive ketones (excluding diaryl/α,β-unsaturated/α-hetero) is 1. The van der Waals surface area contributed by atoms with Crippen LogP contribution in [0.15, 0.2) is 59.6 Å². The number of carbonyl (C=O) groups is 3. The van der Waals surface area contributed by atoms with Gasteiger partial charge in [-0.15, -0.1) is 23.1 Å². The summed E-state index contributed by atoms with van der Waals surface area (Å²) in [5.41, 5.74) is 12.8. The first-order chi connectivity index (χ1) is 19.2. The number of amides is 2. The van der Waals surface area contributed by atoms with Crippen LogP contribution in [-0.4, -0.2) is 62.7 Å². The maximum atomic E-state index is 13.8. The van der Waals surface area contributed by atoms with Crippen LogP contribution in [0.3, 0.4) is 0 Å². The number of aliphatic imine (C=N–C) groups is 1. The minimum absolute atomic E-state index is 0.00422. The molecule has 2 aliphatic heterocycles. The third-order valence-corrected chi connectivity index (χ3v) is 10.2. The number of benzene rings is 2. The van der Waals surface area contributed by atoms with Crippen molar-refractivity contribution < 1.29 is 14.4 Å². The highest BCUT2D eigenvalue weighted by atomic mass is 32.2. The van der Waals surface area contributed by atoms with Crippen molar-refractivity contribution in [2.24, 2.45) is 22.4 Å². The first-order valence-corrected chi connectivity index (χ1v) is 15.3. The molecule has 2 saturated heterocycles. The predicted octanol–water partition coefficient (Wildman–Crippen LogP) is 3.33. The molecule has 2 fully saturated rings. The second kappa shape index (κ2) is 12.0. The van der Waals surface area contributed by atoms with Crippen LogP contribution >= 0.6 is 23.1 Å². The van der Waals surface area contributed by atoms with Crippen molar-refractivity contribution in [3.8, 4) is 0 Å². The quantitative estimate of drug-likeness (QED) is 0.145. The molecule has 2 aliphatic rings. The number of fused-ring (bicyclic) bond motifs is 2. The number of ketones is 1. The third kappa shape index (κ3) is 6.00. The summed E-state index contributed by atoms with van der Waals surface area (Å²) in [6, 6.07) is 16.1. The molecule has 0 saturated carbocycles. The first kappa shape index (κ1) is 28.1. The molecule has 3 heterocycles. The lowest BCUT2D eigenvalue weighted by Gasteiger charge is -2.44. The molecule has 4 atom stereocenters. The van der Waals surface area contributed by atoms with Gasteiger partial charge in [0.2, 0.25) is 17.6 Å². The summed E-state index contributed by atoms with van der Waals surface area (Å²) < 4.78 is 0.905. The Balaban J connectivity index is 1.33. The van der Waals surface area contributed by atoms with Crippen LogP contribution in [-0.2, 0) is 16.0 Å². The van der Waals surface area contributed by atoms with Gasteiger partial charge in [-0.25, -0.2) is 4.98 Å². The number of hydrogen-bond acceptors (Lipinski definition) is 7. The highest BCUT2D eigenvalue weighted by Gasteiger charge is 2.53. The lowest BCUT2D eigenvalue weighted by Crippen LogP contribution is -2.59. The largest absolute Gasteiger partial charge is 0.370 e. The molecule has 11 heteroatoms. The van der Waals surface area contributed by atoms with Gasteiger partial charge in [-0.2, -0.15) is 0 Å². The molecule has 40 heavy (non-hydrogen) atoms. The third-order valence-electron chi connectivity index (χ3n) is 7.63. The van der Waals surface area contributed by atoms with E-state index in [4.69, 9.17) is 11.5 Å². The number of nitrogens with zero attached hydrogens (tertiary/aromatic N) is 3. The average molecular weight is 579 g/mol. The van der Waals surface area contributed by atoms with Gasteiger partial charge in [-0.3, -0.25) is 19.4 Å². The number of hydrogen-bond donors (Lipinski definition) is 3. The molecule has 0 radical (unpaired) electrons. The standard InChI is InChI=1S/C29H34N6O3S2/c1-29-14-13-19(16-18-8-3-2-4-9-18)27(38)35(29)22(17-39-29)25(37)33-21(11-7-15-32-28(30)31)24(36)26-34-20-10-5-6-12-23(20)40-26/h2-6,8-10,12,19,21-22H,7,11,13-17H2,1H3,(H,33,37)(H4,30,31,32). The molecule has 0 spiro atoms. The zero-order valence-electron chi connectivity index (χ0n) is 22.4. The van der Waals surface area contributed by atoms with Crippen molar-refractivity contribution in [3.63, 3.8) is 0 Å². The van der Waals surface area contributed by atoms with Gasteiger partial charge in [0.15, 0.2) is 11.0 Å². The fourth-order valence-corrected chi connectivity index (χ4v) is 7.92. The second-order valence-corrected chi connectivity index (χ2v) is 13.0. The lowest BCUT2D eigenvalue weighted by atomic mass is 9.86. The van der Waals surface area contributed by atoms with Crippen LogP contribution in [0.25, 0.3) is 10.2 Å². The number of nitrogens with one attached hydrogen (secondary N) is 1. The van der Waals surface area contributed by atoms with E-state index < -0.39 is 17.0 Å². The molecule has 1 aromatic heterocycles. The van der Waals surface area contributed by atoms with Gasteiger partial charge in [0.05, 0.1) is 21.1 Å². The Labute approximate surface area is 241 Å². The van der Waals surface area contributed by atoms with E-state index in [0.29, 0.717) is 36.6 Å². The smallest absolute Gasteiger partial charge is 0.244 e. The first-order valence-electron chi connectivity index (χ1n) is 13.5. The van der Waals surface area contributed by atoms with Crippen molar-refractivity contribution in [2.75, 3.05) is 12.3 Å². The van der Waals surface area contributed by atoms with E-state index in [1.54, 1.807) is 16.7 Å². The van der Waals surface area contributed by atoms with Crippen LogP contribution in [0, 0.1) is 5.92 Å². The van der Waals surface area contributed by atoms with Gasteiger partial charge in [0.25, 0.3) is 0 Å². The van der Waals surface area contributed by atoms with Crippen molar-refractivity contribution >= 4 is 56.9 Å². The van der Waals surface area contributed by atoms with Crippen LogP contribution in [0.4, 0.5) is 0 Å². The van der Waals surface area contributed by atoms with Crippen LogP contribution in [0.5, 0.6) is 0 Å². The van der Waals surface area contributed by atoms with E-state index in [2.05, 4.69) is 15.3 Å². The molecule has 0 aliphatic carbocycles. The number of rotatable bonds is 10. The van der Waals surface area contributed by atoms with Gasteiger partial charge in [0.1, 0.15) is 6.04 Å². The van der Waals surface area contributed by atoms with Crippen LogP contribution in [0.1, 0.15) is 48.0 Å². The summed E-state index contributed by atoms with van der Waals surface area (Å²) in [4.78, 5) is 51.0. The molecule has 4 unspecified atom stereocenters. The van der Waals surface area contributed by atoms with Crippen molar-refractivity contribution in [1.82, 2.24) is 15.2 Å². The number of thiazole rings is 1. The Morgan fingerprint density at radius 2 is 1.93 bits per heavy atom. The normalized spacial score (nSPS) is 23.0. The zero-order valence-corrected chi connectivity index (χ0v) is 24.0. The monoisotopic (exact) mass is 578 g/mol. The average Bonchev–Trinajstić information content (AvgIpc) is 3.54. The number of thioether (sulfide) groups is 1. The summed E-state index contributed by atoms with van der Waals surface area (Å²) in [5.74, 6) is -0.268. The summed E-state index contributed by atoms with van der Waals surface area (Å²) in [7, 11) is 0. The molecular formula is C29H34N6O3S2. The topological polar surface area (TPSA) is 144 Å². The molecule has 0 bridgehead atoms. The Morgan fingerprint density at radius 3 is 2.67 bits per heavy atom. The SMILES string of the molecule is CC12CCC(Cc3ccccc3)C(=O)N1C(C(=O)NC(CCCN=C(N)N)C(=O)c1nc3ccccc3s1)CS2. The number of piperidine rings is 1. The Morgan fingerprint density at radius 1 is 1.18 bits per heavy atom. The fourth-order valence-electron chi connectivity index (χ4n) is 5.52. The van der Waals surface area contributed by atoms with Gasteiger partial charge >= 0.3 is 0 Å². The van der Waals surface area contributed by atoms with E-state index in [1.807, 2.05) is 61.5 Å². The van der Waals surface area contributed by atoms with E-state index in [0.717, 1.165) is 28.6 Å². The molecule has 2 aromatic carbocycles. The van der Waals surface area contributed by atoms with Crippen LogP contribution < -0.4 is 16.8 Å². The van der Waals surface area contributed by atoms with Gasteiger partial charge in [-0.1, -0.05) is 42.5 Å². The van der Waals surface area contributed by atoms with Crippen molar-refractivity contribution in [3.05, 3.63) is 65.2 Å². The molecular weight excluding hydrogens is 544 g/mol. The summed E-state index contributed by atoms with van der Waals surface area (Å²) >= 11 is 2.95. The van der Waals surface area contributed by atoms with Crippen molar-refractivity contribution in [2.45, 2.75) is 56.0 Å². The molecule has 5 rings (SSSR count). The summed E-state index contributed by atoms with van der Waals surface area (Å²) in [5, 5.41) is 3.33. The van der Waals surface area contributed by atoms with E-state index in [-0.39, 0.29) is 29.5 Å². The minimum Gasteiger partial charge on any atom is -0.370 e. The minimum atomic E-state index is -0.806. The van der Waals surface area contributed by atoms with E-state index >= 15 is 0 Å². The highest BCUT2D eigenvalue weighted by molar-refractivity contribution is 8.00. The van der Waals surface area contributed by atoms with E-state index in [9.17, 15) is 14.4 Å². The van der Waals surface area contributed by atoms with Gasteiger partial charge in [-0.05, 0) is 56.7 Å². The lowest BCUT2D eigenvalue weighted by molar-refractivity contribution is -0.149. The second-order valence-electron chi connectivity index (χ2n) is 10.5. The zero-order chi connectivity index (χ0) is 28.3. The predicted molar refractivity (Wildman–Crippen MR) is 160 cm³/mol. The Bertz CT molecular complexity index is 1390. The number of aromatic nitrogens is 1.